The van der Waals surface area contributed by atoms with Crippen LogP contribution < -0.4 is 10.6 Å². The highest BCUT2D eigenvalue weighted by molar-refractivity contribution is 7.98. The van der Waals surface area contributed by atoms with Crippen molar-refractivity contribution in [2.45, 2.75) is 17.6 Å². The molecule has 0 saturated heterocycles. The Labute approximate surface area is 171 Å². The zero-order valence-corrected chi connectivity index (χ0v) is 16.6. The SMILES string of the molecule is CC(=O)Nc1cc(CSc2cccc(NC(=O)c3cccnc3)c2Cl)ccn1. The molecule has 0 aliphatic heterocycles. The number of aromatic nitrogens is 2. The molecule has 0 unspecified atom stereocenters. The van der Waals surface area contributed by atoms with E-state index in [1.54, 1.807) is 30.6 Å². The number of carbonyl (C=O) groups excluding carboxylic acids is 2. The van der Waals surface area contributed by atoms with Crippen LogP contribution in [0.3, 0.4) is 0 Å². The van der Waals surface area contributed by atoms with Gasteiger partial charge in [0, 0.05) is 36.2 Å². The molecule has 2 heterocycles. The van der Waals surface area contributed by atoms with E-state index in [1.807, 2.05) is 24.3 Å². The Morgan fingerprint density at radius 3 is 2.71 bits per heavy atom. The summed E-state index contributed by atoms with van der Waals surface area (Å²) in [6, 6.07) is 12.6. The minimum Gasteiger partial charge on any atom is -0.321 e. The van der Waals surface area contributed by atoms with Gasteiger partial charge in [0.15, 0.2) is 0 Å². The summed E-state index contributed by atoms with van der Waals surface area (Å²) in [5.41, 5.74) is 1.98. The Balaban J connectivity index is 1.69. The van der Waals surface area contributed by atoms with Crippen LogP contribution in [0.4, 0.5) is 11.5 Å². The molecule has 6 nitrogen and oxygen atoms in total. The molecule has 8 heteroatoms. The summed E-state index contributed by atoms with van der Waals surface area (Å²) in [6.07, 6.45) is 4.75. The number of halogens is 1. The molecule has 0 bridgehead atoms. The summed E-state index contributed by atoms with van der Waals surface area (Å²) in [5, 5.41) is 5.95. The van der Waals surface area contributed by atoms with Gasteiger partial charge in [-0.2, -0.15) is 0 Å². The van der Waals surface area contributed by atoms with Crippen molar-refractivity contribution in [2.75, 3.05) is 10.6 Å². The van der Waals surface area contributed by atoms with Gasteiger partial charge >= 0.3 is 0 Å². The summed E-state index contributed by atoms with van der Waals surface area (Å²) < 4.78 is 0. The molecule has 1 aromatic carbocycles. The van der Waals surface area contributed by atoms with Gasteiger partial charge in [-0.1, -0.05) is 17.7 Å². The predicted octanol–water partition coefficient (Wildman–Crippen LogP) is 4.63. The van der Waals surface area contributed by atoms with Gasteiger partial charge in [0.2, 0.25) is 5.91 Å². The Morgan fingerprint density at radius 2 is 1.96 bits per heavy atom. The zero-order valence-electron chi connectivity index (χ0n) is 15.0. The second-order valence-corrected chi connectivity index (χ2v) is 7.23. The molecule has 0 atom stereocenters. The Morgan fingerprint density at radius 1 is 1.11 bits per heavy atom. The molecule has 28 heavy (non-hydrogen) atoms. The van der Waals surface area contributed by atoms with E-state index in [2.05, 4.69) is 20.6 Å². The number of benzene rings is 1. The lowest BCUT2D eigenvalue weighted by molar-refractivity contribution is -0.114. The highest BCUT2D eigenvalue weighted by Crippen LogP contribution is 2.35. The number of thioether (sulfide) groups is 1. The van der Waals surface area contributed by atoms with Crippen LogP contribution >= 0.6 is 23.4 Å². The minimum absolute atomic E-state index is 0.169. The third kappa shape index (κ3) is 5.31. The molecular weight excluding hydrogens is 396 g/mol. The van der Waals surface area contributed by atoms with Crippen LogP contribution in [0.1, 0.15) is 22.8 Å². The van der Waals surface area contributed by atoms with Crippen molar-refractivity contribution in [2.24, 2.45) is 0 Å². The highest BCUT2D eigenvalue weighted by Gasteiger charge is 2.12. The Hall–Kier alpha value is -2.90. The first-order valence-corrected chi connectivity index (χ1v) is 9.74. The molecule has 0 saturated carbocycles. The number of hydrogen-bond acceptors (Lipinski definition) is 5. The topological polar surface area (TPSA) is 84.0 Å². The van der Waals surface area contributed by atoms with E-state index in [1.165, 1.54) is 24.9 Å². The van der Waals surface area contributed by atoms with Gasteiger partial charge in [0.25, 0.3) is 5.91 Å². The molecule has 0 aliphatic rings. The van der Waals surface area contributed by atoms with E-state index >= 15 is 0 Å². The third-order valence-electron chi connectivity index (χ3n) is 3.66. The molecule has 0 aliphatic carbocycles. The van der Waals surface area contributed by atoms with Gasteiger partial charge in [0.05, 0.1) is 16.3 Å². The lowest BCUT2D eigenvalue weighted by atomic mass is 10.2. The highest BCUT2D eigenvalue weighted by atomic mass is 35.5. The number of amides is 2. The Kier molecular flexibility index (Phi) is 6.62. The number of rotatable bonds is 6. The first-order valence-electron chi connectivity index (χ1n) is 8.38. The fourth-order valence-corrected chi connectivity index (χ4v) is 3.63. The Bertz CT molecular complexity index is 999. The normalized spacial score (nSPS) is 10.4. The van der Waals surface area contributed by atoms with E-state index in [0.29, 0.717) is 27.8 Å². The standard InChI is InChI=1S/C20H17ClN4O2S/c1-13(26)24-18-10-14(7-9-23-18)12-28-17-6-2-5-16(19(17)21)25-20(27)15-4-3-8-22-11-15/h2-11H,12H2,1H3,(H,25,27)(H,23,24,26). The summed E-state index contributed by atoms with van der Waals surface area (Å²) in [4.78, 5) is 32.4. The number of hydrogen-bond donors (Lipinski definition) is 2. The van der Waals surface area contributed by atoms with Crippen LogP contribution in [0.15, 0.2) is 66.0 Å². The fourth-order valence-electron chi connectivity index (χ4n) is 2.38. The number of nitrogens with one attached hydrogen (secondary N) is 2. The van der Waals surface area contributed by atoms with Crippen LogP contribution in [0.2, 0.25) is 5.02 Å². The summed E-state index contributed by atoms with van der Waals surface area (Å²) in [6.45, 7) is 1.44. The lowest BCUT2D eigenvalue weighted by Gasteiger charge is -2.11. The minimum atomic E-state index is -0.272. The van der Waals surface area contributed by atoms with Gasteiger partial charge in [-0.3, -0.25) is 14.6 Å². The summed E-state index contributed by atoms with van der Waals surface area (Å²) >= 11 is 8.01. The number of pyridine rings is 2. The molecular formula is C20H17ClN4O2S. The van der Waals surface area contributed by atoms with Gasteiger partial charge in [0.1, 0.15) is 5.82 Å². The van der Waals surface area contributed by atoms with Crippen molar-refractivity contribution in [3.8, 4) is 0 Å². The van der Waals surface area contributed by atoms with Crippen LogP contribution in [0.5, 0.6) is 0 Å². The lowest BCUT2D eigenvalue weighted by Crippen LogP contribution is -2.12. The molecule has 3 rings (SSSR count). The van der Waals surface area contributed by atoms with Crippen LogP contribution in [-0.4, -0.2) is 21.8 Å². The average Bonchev–Trinajstić information content (AvgIpc) is 2.69. The quantitative estimate of drug-likeness (QED) is 0.576. The monoisotopic (exact) mass is 412 g/mol. The molecule has 3 aromatic rings. The molecule has 2 N–H and O–H groups in total. The first-order chi connectivity index (χ1) is 13.5. The maximum atomic E-state index is 12.3. The van der Waals surface area contributed by atoms with Crippen LogP contribution in [-0.2, 0) is 10.5 Å². The van der Waals surface area contributed by atoms with E-state index in [0.717, 1.165) is 10.5 Å². The maximum Gasteiger partial charge on any atom is 0.257 e. The maximum absolute atomic E-state index is 12.3. The number of carbonyl (C=O) groups is 2. The second-order valence-electron chi connectivity index (χ2n) is 5.83. The fraction of sp³-hybridized carbons (Fsp3) is 0.100. The van der Waals surface area contributed by atoms with Crippen LogP contribution in [0.25, 0.3) is 0 Å². The molecule has 0 fully saturated rings. The molecule has 0 radical (unpaired) electrons. The summed E-state index contributed by atoms with van der Waals surface area (Å²) in [5.74, 6) is 0.701. The number of anilines is 2. The first kappa shape index (κ1) is 19.9. The second kappa shape index (κ2) is 9.34. The van der Waals surface area contributed by atoms with Crippen LogP contribution in [0, 0.1) is 0 Å². The number of nitrogens with zero attached hydrogens (tertiary/aromatic N) is 2. The molecule has 2 aromatic heterocycles. The van der Waals surface area contributed by atoms with Crippen molar-refractivity contribution in [3.63, 3.8) is 0 Å². The molecule has 2 amide bonds. The average molecular weight is 413 g/mol. The van der Waals surface area contributed by atoms with Gasteiger partial charge in [-0.25, -0.2) is 4.98 Å². The molecule has 0 spiro atoms. The third-order valence-corrected chi connectivity index (χ3v) is 5.31. The largest absolute Gasteiger partial charge is 0.321 e. The van der Waals surface area contributed by atoms with Crippen molar-refractivity contribution < 1.29 is 9.59 Å². The van der Waals surface area contributed by atoms with E-state index in [9.17, 15) is 9.59 Å². The van der Waals surface area contributed by atoms with E-state index < -0.39 is 0 Å². The molecule has 142 valence electrons. The van der Waals surface area contributed by atoms with Crippen molar-refractivity contribution in [1.29, 1.82) is 0 Å². The van der Waals surface area contributed by atoms with Crippen molar-refractivity contribution in [1.82, 2.24) is 9.97 Å². The van der Waals surface area contributed by atoms with Gasteiger partial charge in [-0.05, 0) is 42.0 Å². The van der Waals surface area contributed by atoms with Crippen molar-refractivity contribution in [3.05, 3.63) is 77.2 Å². The van der Waals surface area contributed by atoms with E-state index in [-0.39, 0.29) is 11.8 Å². The summed E-state index contributed by atoms with van der Waals surface area (Å²) in [7, 11) is 0. The van der Waals surface area contributed by atoms with Crippen molar-refractivity contribution >= 4 is 46.7 Å². The zero-order chi connectivity index (χ0) is 19.9. The van der Waals surface area contributed by atoms with E-state index in [4.69, 9.17) is 11.6 Å². The predicted molar refractivity (Wildman–Crippen MR) is 112 cm³/mol. The van der Waals surface area contributed by atoms with Gasteiger partial charge < -0.3 is 10.6 Å². The van der Waals surface area contributed by atoms with Gasteiger partial charge in [-0.15, -0.1) is 11.8 Å². The smallest absolute Gasteiger partial charge is 0.257 e.